The fourth-order valence-electron chi connectivity index (χ4n) is 0.869. The fourth-order valence-corrected chi connectivity index (χ4v) is 1.59. The van der Waals surface area contributed by atoms with Gasteiger partial charge >= 0.3 is 0 Å². The van der Waals surface area contributed by atoms with Gasteiger partial charge in [-0.2, -0.15) is 8.42 Å². The molecule has 0 unspecified atom stereocenters. The molecule has 0 bridgehead atoms. The maximum Gasteiger partial charge on any atom is 0.299 e. The first-order valence-corrected chi connectivity index (χ1v) is 5.10. The number of hydrogen-bond donors (Lipinski definition) is 0. The van der Waals surface area contributed by atoms with Crippen molar-refractivity contribution in [2.45, 2.75) is 4.90 Å². The lowest BCUT2D eigenvalue weighted by Crippen LogP contribution is -2.05. The van der Waals surface area contributed by atoms with Crippen LogP contribution in [0.15, 0.2) is 29.2 Å². The Morgan fingerprint density at radius 2 is 1.86 bits per heavy atom. The molecule has 4 nitrogen and oxygen atoms in total. The van der Waals surface area contributed by atoms with Gasteiger partial charge in [0, 0.05) is 0 Å². The minimum Gasteiger partial charge on any atom is -0.497 e. The Morgan fingerprint density at radius 3 is 2.29 bits per heavy atom. The fraction of sp³-hybridized carbons (Fsp3) is 0.250. The lowest BCUT2D eigenvalue weighted by molar-refractivity contribution is 0.198. The van der Waals surface area contributed by atoms with Crippen LogP contribution in [0, 0.1) is 0 Å². The molecule has 0 saturated heterocycles. The number of methoxy groups -OCH3 is 1. The molecule has 0 saturated carbocycles. The van der Waals surface area contributed by atoms with E-state index >= 15 is 0 Å². The van der Waals surface area contributed by atoms with Crippen molar-refractivity contribution >= 4 is 10.1 Å². The molecular formula is C8H9FO4S. The van der Waals surface area contributed by atoms with Crippen molar-refractivity contribution in [3.05, 3.63) is 24.3 Å². The molecule has 78 valence electrons. The van der Waals surface area contributed by atoms with E-state index in [2.05, 4.69) is 4.18 Å². The van der Waals surface area contributed by atoms with E-state index in [-0.39, 0.29) is 4.90 Å². The van der Waals surface area contributed by atoms with Crippen LogP contribution in [0.3, 0.4) is 0 Å². The molecule has 0 amide bonds. The number of hydrogen-bond acceptors (Lipinski definition) is 4. The van der Waals surface area contributed by atoms with Crippen molar-refractivity contribution in [2.24, 2.45) is 0 Å². The first-order valence-electron chi connectivity index (χ1n) is 3.69. The van der Waals surface area contributed by atoms with Gasteiger partial charge in [0.05, 0.1) is 12.0 Å². The van der Waals surface area contributed by atoms with Crippen LogP contribution in [0.1, 0.15) is 0 Å². The number of halogens is 1. The Morgan fingerprint density at radius 1 is 1.29 bits per heavy atom. The molecule has 0 N–H and O–H groups in total. The van der Waals surface area contributed by atoms with Crippen LogP contribution in [-0.4, -0.2) is 22.4 Å². The first kappa shape index (κ1) is 10.9. The second kappa shape index (κ2) is 4.39. The third kappa shape index (κ3) is 2.43. The largest absolute Gasteiger partial charge is 0.497 e. The minimum absolute atomic E-state index is 0.101. The molecule has 6 heteroatoms. The van der Waals surface area contributed by atoms with Crippen LogP contribution < -0.4 is 4.74 Å². The van der Waals surface area contributed by atoms with E-state index in [0.717, 1.165) is 0 Å². The summed E-state index contributed by atoms with van der Waals surface area (Å²) in [6.45, 7) is -1.37. The highest BCUT2D eigenvalue weighted by Crippen LogP contribution is 2.17. The summed E-state index contributed by atoms with van der Waals surface area (Å²) in [5.41, 5.74) is 0. The third-order valence-electron chi connectivity index (χ3n) is 1.55. The highest BCUT2D eigenvalue weighted by atomic mass is 32.2. The second-order valence-corrected chi connectivity index (χ2v) is 3.97. The zero-order valence-corrected chi connectivity index (χ0v) is 8.25. The lowest BCUT2D eigenvalue weighted by atomic mass is 10.3. The molecule has 1 aromatic rings. The Bertz CT molecular complexity index is 384. The zero-order chi connectivity index (χ0) is 10.6. The van der Waals surface area contributed by atoms with Gasteiger partial charge in [-0.05, 0) is 24.3 Å². The van der Waals surface area contributed by atoms with E-state index < -0.39 is 17.0 Å². The zero-order valence-electron chi connectivity index (χ0n) is 7.44. The van der Waals surface area contributed by atoms with Crippen LogP contribution >= 0.6 is 0 Å². The van der Waals surface area contributed by atoms with Gasteiger partial charge in [-0.3, -0.25) is 0 Å². The number of ether oxygens (including phenoxy) is 1. The minimum atomic E-state index is -3.97. The van der Waals surface area contributed by atoms with E-state index in [1.54, 1.807) is 0 Å². The standard InChI is InChI=1S/C8H9FO4S/c1-12-7-2-4-8(5-3-7)14(10,11)13-6-9/h2-5H,6H2,1H3. The monoisotopic (exact) mass is 220 g/mol. The van der Waals surface area contributed by atoms with Gasteiger partial charge in [0.1, 0.15) is 5.75 Å². The lowest BCUT2D eigenvalue weighted by Gasteiger charge is -2.03. The Kier molecular flexibility index (Phi) is 3.43. The summed E-state index contributed by atoms with van der Waals surface area (Å²) in [6.07, 6.45) is 0. The highest BCUT2D eigenvalue weighted by Gasteiger charge is 2.14. The topological polar surface area (TPSA) is 52.6 Å². The van der Waals surface area contributed by atoms with Crippen molar-refractivity contribution < 1.29 is 21.7 Å². The molecule has 0 radical (unpaired) electrons. The van der Waals surface area contributed by atoms with Crippen LogP contribution in [0.2, 0.25) is 0 Å². The second-order valence-electron chi connectivity index (χ2n) is 2.36. The smallest absolute Gasteiger partial charge is 0.299 e. The highest BCUT2D eigenvalue weighted by molar-refractivity contribution is 7.86. The maximum atomic E-state index is 11.7. The van der Waals surface area contributed by atoms with E-state index in [0.29, 0.717) is 5.75 Å². The van der Waals surface area contributed by atoms with Gasteiger partial charge in [-0.15, -0.1) is 0 Å². The van der Waals surface area contributed by atoms with Crippen LogP contribution in [0.4, 0.5) is 4.39 Å². The Hall–Kier alpha value is -1.14. The Balaban J connectivity index is 2.97. The Labute approximate surface area is 81.4 Å². The maximum absolute atomic E-state index is 11.7. The predicted molar refractivity (Wildman–Crippen MR) is 47.2 cm³/mol. The molecule has 0 spiro atoms. The molecule has 1 rings (SSSR count). The number of benzene rings is 1. The summed E-state index contributed by atoms with van der Waals surface area (Å²) in [4.78, 5) is -0.101. The quantitative estimate of drug-likeness (QED) is 0.718. The third-order valence-corrected chi connectivity index (χ3v) is 2.80. The van der Waals surface area contributed by atoms with Gasteiger partial charge < -0.3 is 4.74 Å². The summed E-state index contributed by atoms with van der Waals surface area (Å²) in [5, 5.41) is 0. The predicted octanol–water partition coefficient (Wildman–Crippen LogP) is 1.33. The van der Waals surface area contributed by atoms with Gasteiger partial charge in [0.2, 0.25) is 6.86 Å². The van der Waals surface area contributed by atoms with Gasteiger partial charge in [0.25, 0.3) is 10.1 Å². The molecule has 1 aromatic carbocycles. The molecular weight excluding hydrogens is 211 g/mol. The SMILES string of the molecule is COc1ccc(S(=O)(=O)OCF)cc1. The van der Waals surface area contributed by atoms with Crippen molar-refractivity contribution in [2.75, 3.05) is 14.0 Å². The van der Waals surface area contributed by atoms with E-state index in [1.807, 2.05) is 0 Å². The number of rotatable bonds is 4. The summed E-state index contributed by atoms with van der Waals surface area (Å²) in [7, 11) is -2.51. The summed E-state index contributed by atoms with van der Waals surface area (Å²) < 4.78 is 42.7. The van der Waals surface area contributed by atoms with Crippen molar-refractivity contribution in [1.29, 1.82) is 0 Å². The average Bonchev–Trinajstić information content (AvgIpc) is 2.18. The molecule has 0 aliphatic heterocycles. The average molecular weight is 220 g/mol. The van der Waals surface area contributed by atoms with E-state index in [9.17, 15) is 12.8 Å². The van der Waals surface area contributed by atoms with Crippen LogP contribution in [0.5, 0.6) is 5.75 Å². The molecule has 0 heterocycles. The normalized spacial score (nSPS) is 11.3. The first-order chi connectivity index (χ1) is 6.60. The van der Waals surface area contributed by atoms with Crippen molar-refractivity contribution in [1.82, 2.24) is 0 Å². The summed E-state index contributed by atoms with van der Waals surface area (Å²) >= 11 is 0. The molecule has 0 aliphatic rings. The van der Waals surface area contributed by atoms with Crippen LogP contribution in [0.25, 0.3) is 0 Å². The summed E-state index contributed by atoms with van der Waals surface area (Å²) in [6, 6.07) is 5.47. The van der Waals surface area contributed by atoms with Crippen molar-refractivity contribution in [3.8, 4) is 5.75 Å². The summed E-state index contributed by atoms with van der Waals surface area (Å²) in [5.74, 6) is 0.518. The molecule has 0 fully saturated rings. The van der Waals surface area contributed by atoms with Gasteiger partial charge in [0.15, 0.2) is 0 Å². The van der Waals surface area contributed by atoms with E-state index in [4.69, 9.17) is 4.74 Å². The van der Waals surface area contributed by atoms with Crippen molar-refractivity contribution in [3.63, 3.8) is 0 Å². The molecule has 0 atom stereocenters. The van der Waals surface area contributed by atoms with E-state index in [1.165, 1.54) is 31.4 Å². The molecule has 0 aliphatic carbocycles. The number of alkyl halides is 1. The molecule has 14 heavy (non-hydrogen) atoms. The van der Waals surface area contributed by atoms with Gasteiger partial charge in [-0.1, -0.05) is 0 Å². The van der Waals surface area contributed by atoms with Gasteiger partial charge in [-0.25, -0.2) is 8.57 Å². The van der Waals surface area contributed by atoms with Crippen LogP contribution in [-0.2, 0) is 14.3 Å². The molecule has 0 aromatic heterocycles.